The Labute approximate surface area is 129 Å². The van der Waals surface area contributed by atoms with Crippen molar-refractivity contribution in [3.8, 4) is 0 Å². The van der Waals surface area contributed by atoms with Crippen molar-refractivity contribution in [2.45, 2.75) is 42.5 Å². The smallest absolute Gasteiger partial charge is 0.288 e. The molecule has 0 aliphatic carbocycles. The molecule has 1 aromatic carbocycles. The van der Waals surface area contributed by atoms with Gasteiger partial charge in [-0.05, 0) is 56.6 Å². The summed E-state index contributed by atoms with van der Waals surface area (Å²) in [6.45, 7) is 5.71. The maximum absolute atomic E-state index is 12.3. The molecule has 0 unspecified atom stereocenters. The molecule has 0 saturated carbocycles. The number of fused-ring (bicyclic) bond motifs is 1. The van der Waals surface area contributed by atoms with Gasteiger partial charge in [0.2, 0.25) is 0 Å². The average Bonchev–Trinajstić information content (AvgIpc) is 2.79. The lowest BCUT2D eigenvalue weighted by atomic mass is 10.1. The molecule has 3 rings (SSSR count). The Morgan fingerprint density at radius 3 is 2.62 bits per heavy atom. The van der Waals surface area contributed by atoms with Crippen molar-refractivity contribution in [1.29, 1.82) is 0 Å². The zero-order chi connectivity index (χ0) is 14.7. The summed E-state index contributed by atoms with van der Waals surface area (Å²) in [4.78, 5) is 5.79. The molecule has 2 aliphatic heterocycles. The summed E-state index contributed by atoms with van der Waals surface area (Å²) >= 11 is 0.615. The number of nitrogens with zero attached hydrogens (tertiary/aromatic N) is 2. The first-order chi connectivity index (χ1) is 10.2. The van der Waals surface area contributed by atoms with E-state index < -0.39 is 5.76 Å². The van der Waals surface area contributed by atoms with E-state index in [-0.39, 0.29) is 0 Å². The molecule has 1 aromatic rings. The molecule has 2 aliphatic rings. The Morgan fingerprint density at radius 2 is 1.86 bits per heavy atom. The van der Waals surface area contributed by atoms with Gasteiger partial charge in [0.05, 0.1) is 0 Å². The number of hydrogen-bond acceptors (Lipinski definition) is 3. The first-order valence-corrected chi connectivity index (χ1v) is 8.59. The minimum atomic E-state index is -2.34. The number of alkyl halides is 2. The number of rotatable bonds is 4. The van der Waals surface area contributed by atoms with E-state index in [4.69, 9.17) is 0 Å². The molecule has 2 fully saturated rings. The molecule has 116 valence electrons. The minimum absolute atomic E-state index is 0.615. The fourth-order valence-corrected chi connectivity index (χ4v) is 3.96. The average molecular weight is 312 g/mol. The number of halogens is 2. The zero-order valence-electron chi connectivity index (χ0n) is 12.2. The predicted octanol–water partition coefficient (Wildman–Crippen LogP) is 3.67. The minimum Gasteiger partial charge on any atom is -0.299 e. The van der Waals surface area contributed by atoms with Gasteiger partial charge in [-0.2, -0.15) is 8.78 Å². The van der Waals surface area contributed by atoms with Crippen LogP contribution in [0.15, 0.2) is 29.2 Å². The third-order valence-electron chi connectivity index (χ3n) is 4.44. The first kappa shape index (κ1) is 15.3. The highest BCUT2D eigenvalue weighted by molar-refractivity contribution is 7.99. The summed E-state index contributed by atoms with van der Waals surface area (Å²) in [7, 11) is 0. The van der Waals surface area contributed by atoms with Gasteiger partial charge in [0.1, 0.15) is 0 Å². The predicted molar refractivity (Wildman–Crippen MR) is 82.8 cm³/mol. The van der Waals surface area contributed by atoms with Crippen LogP contribution in [0.2, 0.25) is 0 Å². The molecule has 0 amide bonds. The number of thioether (sulfide) groups is 1. The topological polar surface area (TPSA) is 6.48 Å². The molecular formula is C16H22F2N2S. The van der Waals surface area contributed by atoms with E-state index in [9.17, 15) is 8.78 Å². The van der Waals surface area contributed by atoms with Gasteiger partial charge in [-0.15, -0.1) is 0 Å². The van der Waals surface area contributed by atoms with E-state index in [2.05, 4.69) is 9.80 Å². The summed E-state index contributed by atoms with van der Waals surface area (Å²) < 4.78 is 24.6. The maximum atomic E-state index is 12.3. The molecule has 1 atom stereocenters. The van der Waals surface area contributed by atoms with Crippen molar-refractivity contribution >= 4 is 11.8 Å². The van der Waals surface area contributed by atoms with Gasteiger partial charge >= 0.3 is 0 Å². The second-order valence-electron chi connectivity index (χ2n) is 5.94. The van der Waals surface area contributed by atoms with Crippen molar-refractivity contribution in [1.82, 2.24) is 9.80 Å². The molecule has 5 heteroatoms. The molecule has 2 heterocycles. The zero-order valence-corrected chi connectivity index (χ0v) is 13.0. The van der Waals surface area contributed by atoms with Crippen molar-refractivity contribution in [2.24, 2.45) is 0 Å². The van der Waals surface area contributed by atoms with Crippen molar-refractivity contribution in [3.05, 3.63) is 29.8 Å². The van der Waals surface area contributed by atoms with Gasteiger partial charge < -0.3 is 0 Å². The Hall–Kier alpha value is -0.650. The SMILES string of the molecule is FC(F)Sc1ccc(CN2CCCN3CCC[C@H]3C2)cc1. The Bertz CT molecular complexity index is 452. The van der Waals surface area contributed by atoms with E-state index in [1.54, 1.807) is 0 Å². The normalized spacial score (nSPS) is 24.2. The molecule has 2 nitrogen and oxygen atoms in total. The third-order valence-corrected chi connectivity index (χ3v) is 5.16. The first-order valence-electron chi connectivity index (χ1n) is 7.71. The summed E-state index contributed by atoms with van der Waals surface area (Å²) in [5.74, 6) is -2.34. The highest BCUT2D eigenvalue weighted by atomic mass is 32.2. The van der Waals surface area contributed by atoms with Crippen LogP contribution in [0.3, 0.4) is 0 Å². The van der Waals surface area contributed by atoms with Crippen LogP contribution in [0.5, 0.6) is 0 Å². The van der Waals surface area contributed by atoms with Crippen LogP contribution in [0.4, 0.5) is 8.78 Å². The Kier molecular flexibility index (Phi) is 5.14. The molecule has 2 saturated heterocycles. The van der Waals surface area contributed by atoms with E-state index in [1.807, 2.05) is 24.3 Å². The fraction of sp³-hybridized carbons (Fsp3) is 0.625. The number of benzene rings is 1. The quantitative estimate of drug-likeness (QED) is 0.783. The monoisotopic (exact) mass is 312 g/mol. The summed E-state index contributed by atoms with van der Waals surface area (Å²) in [5, 5.41) is 0. The summed E-state index contributed by atoms with van der Waals surface area (Å²) in [5.41, 5.74) is 1.22. The third kappa shape index (κ3) is 4.18. The molecular weight excluding hydrogens is 290 g/mol. The van der Waals surface area contributed by atoms with E-state index in [0.29, 0.717) is 16.7 Å². The van der Waals surface area contributed by atoms with Gasteiger partial charge in [0, 0.05) is 24.0 Å². The van der Waals surface area contributed by atoms with Gasteiger partial charge in [0.25, 0.3) is 5.76 Å². The molecule has 21 heavy (non-hydrogen) atoms. The molecule has 0 N–H and O–H groups in total. The van der Waals surface area contributed by atoms with Gasteiger partial charge in [-0.25, -0.2) is 0 Å². The molecule has 0 spiro atoms. The lowest BCUT2D eigenvalue weighted by molar-refractivity contribution is 0.215. The Balaban J connectivity index is 1.57. The molecule has 0 aromatic heterocycles. The van der Waals surface area contributed by atoms with Crippen LogP contribution in [0, 0.1) is 0 Å². The molecule has 0 bridgehead atoms. The van der Waals surface area contributed by atoms with Gasteiger partial charge in [-0.3, -0.25) is 9.80 Å². The highest BCUT2D eigenvalue weighted by Crippen LogP contribution is 2.26. The van der Waals surface area contributed by atoms with Gasteiger partial charge in [-0.1, -0.05) is 23.9 Å². The second-order valence-corrected chi connectivity index (χ2v) is 7.01. The Morgan fingerprint density at radius 1 is 1.10 bits per heavy atom. The maximum Gasteiger partial charge on any atom is 0.288 e. The lowest BCUT2D eigenvalue weighted by Gasteiger charge is -2.25. The van der Waals surface area contributed by atoms with Crippen LogP contribution in [-0.2, 0) is 6.54 Å². The highest BCUT2D eigenvalue weighted by Gasteiger charge is 2.28. The van der Waals surface area contributed by atoms with E-state index in [0.717, 1.165) is 25.7 Å². The second kappa shape index (κ2) is 7.07. The van der Waals surface area contributed by atoms with Crippen LogP contribution >= 0.6 is 11.8 Å². The van der Waals surface area contributed by atoms with E-state index >= 15 is 0 Å². The lowest BCUT2D eigenvalue weighted by Crippen LogP contribution is -2.36. The number of hydrogen-bond donors (Lipinski definition) is 0. The van der Waals surface area contributed by atoms with Crippen molar-refractivity contribution in [3.63, 3.8) is 0 Å². The van der Waals surface area contributed by atoms with Crippen LogP contribution < -0.4 is 0 Å². The summed E-state index contributed by atoms with van der Waals surface area (Å²) in [6, 6.07) is 8.32. The largest absolute Gasteiger partial charge is 0.299 e. The molecule has 0 radical (unpaired) electrons. The fourth-order valence-electron chi connectivity index (χ4n) is 3.46. The van der Waals surface area contributed by atoms with Crippen molar-refractivity contribution in [2.75, 3.05) is 26.2 Å². The van der Waals surface area contributed by atoms with Gasteiger partial charge in [0.15, 0.2) is 0 Å². The van der Waals surface area contributed by atoms with Crippen molar-refractivity contribution < 1.29 is 8.78 Å². The summed E-state index contributed by atoms with van der Waals surface area (Å²) in [6.07, 6.45) is 3.88. The van der Waals surface area contributed by atoms with Crippen LogP contribution in [-0.4, -0.2) is 47.8 Å². The van der Waals surface area contributed by atoms with Crippen LogP contribution in [0.25, 0.3) is 0 Å². The van der Waals surface area contributed by atoms with Crippen LogP contribution in [0.1, 0.15) is 24.8 Å². The standard InChI is InChI=1S/C16H22F2N2S/c17-16(18)21-15-6-4-13(5-7-15)11-19-8-2-10-20-9-1-3-14(20)12-19/h4-7,14,16H,1-3,8-12H2/t14-/m0/s1. The van der Waals surface area contributed by atoms with E-state index in [1.165, 1.54) is 37.9 Å².